The first kappa shape index (κ1) is 22.8. The number of nitrogens with two attached hydrogens (primary N) is 1. The normalized spacial score (nSPS) is 27.1. The Morgan fingerprint density at radius 2 is 2.03 bits per heavy atom. The molecule has 0 aliphatic carbocycles. The van der Waals surface area contributed by atoms with Crippen LogP contribution in [-0.4, -0.2) is 65.8 Å². The van der Waals surface area contributed by atoms with E-state index < -0.39 is 36.1 Å². The molecule has 0 bridgehead atoms. The van der Waals surface area contributed by atoms with E-state index in [9.17, 15) is 18.3 Å². The van der Waals surface area contributed by atoms with Gasteiger partial charge >= 0.3 is 6.18 Å². The maximum absolute atomic E-state index is 13.2. The number of anilines is 1. The highest BCUT2D eigenvalue weighted by Gasteiger charge is 2.38. The second kappa shape index (κ2) is 8.89. The molecular formula is C20H24ClF3N6O2. The second-order valence-electron chi connectivity index (χ2n) is 7.88. The third-order valence-electron chi connectivity index (χ3n) is 5.59. The summed E-state index contributed by atoms with van der Waals surface area (Å²) < 4.78 is 44.9. The van der Waals surface area contributed by atoms with Crippen molar-refractivity contribution in [3.05, 3.63) is 41.1 Å². The summed E-state index contributed by atoms with van der Waals surface area (Å²) in [4.78, 5) is 10.8. The maximum atomic E-state index is 13.2. The number of alkyl halides is 3. The molecule has 0 amide bonds. The third kappa shape index (κ3) is 4.85. The van der Waals surface area contributed by atoms with Crippen molar-refractivity contribution in [3.63, 3.8) is 0 Å². The molecule has 0 aromatic heterocycles. The second-order valence-corrected chi connectivity index (χ2v) is 8.24. The van der Waals surface area contributed by atoms with Gasteiger partial charge in [0.1, 0.15) is 24.1 Å². The van der Waals surface area contributed by atoms with E-state index in [-0.39, 0.29) is 11.0 Å². The number of ether oxygens (including phenoxy) is 1. The summed E-state index contributed by atoms with van der Waals surface area (Å²) in [7, 11) is 0. The van der Waals surface area contributed by atoms with Gasteiger partial charge in [-0.05, 0) is 48.4 Å². The van der Waals surface area contributed by atoms with Crippen LogP contribution < -0.4 is 16.4 Å². The Labute approximate surface area is 188 Å². The Hall–Kier alpha value is -2.34. The molecular weight excluding hydrogens is 449 g/mol. The Morgan fingerprint density at radius 3 is 2.72 bits per heavy atom. The molecule has 3 unspecified atom stereocenters. The molecule has 1 aromatic carbocycles. The zero-order valence-electron chi connectivity index (χ0n) is 17.2. The van der Waals surface area contributed by atoms with Crippen molar-refractivity contribution < 1.29 is 23.0 Å². The maximum Gasteiger partial charge on any atom is 0.416 e. The number of hydrogen-bond acceptors (Lipinski definition) is 7. The van der Waals surface area contributed by atoms with Crippen molar-refractivity contribution in [2.45, 2.75) is 37.5 Å². The lowest BCUT2D eigenvalue weighted by Crippen LogP contribution is -2.53. The standard InChI is InChI=1S/C20H24ClF3N6O2/c1-10(11-6-12(20(22,23)24)8-13(25)7-11)26-17-16-14(28-19(21)29-17)9-15(27-16)18(31)30-2-4-32-5-3-30/h6-10,14,16,18,27,31H,2-5,25H2,1H3,(H,26,28,29)/t10-,14?,16?,18?/m1/s1. The molecule has 3 heterocycles. The van der Waals surface area contributed by atoms with Crippen molar-refractivity contribution in [2.24, 2.45) is 9.98 Å². The van der Waals surface area contributed by atoms with Crippen LogP contribution in [0.4, 0.5) is 18.9 Å². The highest BCUT2D eigenvalue weighted by atomic mass is 35.5. The zero-order valence-corrected chi connectivity index (χ0v) is 18.0. The molecule has 4 atom stereocenters. The summed E-state index contributed by atoms with van der Waals surface area (Å²) in [6.45, 7) is 3.92. The van der Waals surface area contributed by atoms with Crippen molar-refractivity contribution in [3.8, 4) is 0 Å². The van der Waals surface area contributed by atoms with Gasteiger partial charge in [0.05, 0.1) is 30.5 Å². The summed E-state index contributed by atoms with van der Waals surface area (Å²) in [5.41, 5.74) is 5.76. The van der Waals surface area contributed by atoms with Crippen LogP contribution >= 0.6 is 11.6 Å². The Morgan fingerprint density at radius 1 is 1.31 bits per heavy atom. The highest BCUT2D eigenvalue weighted by molar-refractivity contribution is 6.66. The van der Waals surface area contributed by atoms with E-state index in [2.05, 4.69) is 20.6 Å². The molecule has 3 aliphatic rings. The number of nitrogens with zero attached hydrogens (tertiary/aromatic N) is 3. The van der Waals surface area contributed by atoms with E-state index in [1.165, 1.54) is 6.07 Å². The van der Waals surface area contributed by atoms with Gasteiger partial charge in [-0.25, -0.2) is 4.99 Å². The van der Waals surface area contributed by atoms with Crippen LogP contribution in [0.3, 0.4) is 0 Å². The number of morpholine rings is 1. The van der Waals surface area contributed by atoms with E-state index in [1.54, 1.807) is 13.0 Å². The predicted molar refractivity (Wildman–Crippen MR) is 115 cm³/mol. The van der Waals surface area contributed by atoms with Crippen LogP contribution in [0.1, 0.15) is 24.1 Å². The Bertz CT molecular complexity index is 961. The van der Waals surface area contributed by atoms with E-state index in [4.69, 9.17) is 22.1 Å². The van der Waals surface area contributed by atoms with Gasteiger partial charge in [0.25, 0.3) is 0 Å². The van der Waals surface area contributed by atoms with Crippen LogP contribution in [0.5, 0.6) is 0 Å². The number of amidine groups is 2. The zero-order chi connectivity index (χ0) is 23.0. The average Bonchev–Trinajstić information content (AvgIpc) is 3.17. The topological polar surface area (TPSA) is 108 Å². The van der Waals surface area contributed by atoms with Gasteiger partial charge in [-0.1, -0.05) is 0 Å². The van der Waals surface area contributed by atoms with E-state index in [0.717, 1.165) is 12.1 Å². The summed E-state index contributed by atoms with van der Waals surface area (Å²) in [6.07, 6.45) is -3.58. The molecule has 4 rings (SSSR count). The van der Waals surface area contributed by atoms with Gasteiger partial charge in [0, 0.05) is 18.8 Å². The van der Waals surface area contributed by atoms with E-state index >= 15 is 0 Å². The molecule has 174 valence electrons. The summed E-state index contributed by atoms with van der Waals surface area (Å²) in [5, 5.41) is 17.0. The lowest BCUT2D eigenvalue weighted by molar-refractivity contribution is -0.137. The molecule has 3 aliphatic heterocycles. The lowest BCUT2D eigenvalue weighted by Gasteiger charge is -2.32. The van der Waals surface area contributed by atoms with E-state index in [1.807, 2.05) is 4.90 Å². The first-order valence-corrected chi connectivity index (χ1v) is 10.5. The number of fused-ring (bicyclic) bond motifs is 1. The van der Waals surface area contributed by atoms with Crippen LogP contribution in [0.25, 0.3) is 0 Å². The first-order valence-electron chi connectivity index (χ1n) is 10.2. The van der Waals surface area contributed by atoms with Crippen molar-refractivity contribution in [2.75, 3.05) is 32.0 Å². The highest BCUT2D eigenvalue weighted by Crippen LogP contribution is 2.33. The largest absolute Gasteiger partial charge is 0.416 e. The van der Waals surface area contributed by atoms with Gasteiger partial charge in [-0.15, -0.1) is 0 Å². The average molecular weight is 473 g/mol. The van der Waals surface area contributed by atoms with Crippen LogP contribution in [0.15, 0.2) is 40.0 Å². The van der Waals surface area contributed by atoms with Gasteiger partial charge in [0.2, 0.25) is 0 Å². The molecule has 1 fully saturated rings. The Balaban J connectivity index is 1.56. The van der Waals surface area contributed by atoms with Crippen molar-refractivity contribution in [1.82, 2.24) is 15.5 Å². The molecule has 5 N–H and O–H groups in total. The van der Waals surface area contributed by atoms with Gasteiger partial charge in [-0.3, -0.25) is 9.89 Å². The van der Waals surface area contributed by atoms with Crippen LogP contribution in [0.2, 0.25) is 0 Å². The number of halogens is 4. The van der Waals surface area contributed by atoms with Gasteiger partial charge in [0.15, 0.2) is 5.29 Å². The molecule has 0 radical (unpaired) electrons. The lowest BCUT2D eigenvalue weighted by atomic mass is 10.0. The fraction of sp³-hybridized carbons (Fsp3) is 0.500. The molecule has 1 aromatic rings. The number of rotatable bonds is 4. The fourth-order valence-electron chi connectivity index (χ4n) is 3.94. The number of aliphatic imine (C=N–C) groups is 2. The number of nitrogen functional groups attached to an aromatic ring is 1. The summed E-state index contributed by atoms with van der Waals surface area (Å²) in [6, 6.07) is 1.91. The smallest absolute Gasteiger partial charge is 0.399 e. The fourth-order valence-corrected chi connectivity index (χ4v) is 4.15. The summed E-state index contributed by atoms with van der Waals surface area (Å²) >= 11 is 6.14. The number of benzene rings is 1. The quantitative estimate of drug-likeness (QED) is 0.393. The number of aliphatic hydroxyl groups excluding tert-OH is 1. The van der Waals surface area contributed by atoms with Gasteiger partial charge in [-0.2, -0.15) is 13.2 Å². The molecule has 1 saturated heterocycles. The monoisotopic (exact) mass is 472 g/mol. The molecule has 8 nitrogen and oxygen atoms in total. The van der Waals surface area contributed by atoms with Crippen LogP contribution in [-0.2, 0) is 10.9 Å². The van der Waals surface area contributed by atoms with Gasteiger partial charge < -0.3 is 26.2 Å². The minimum atomic E-state index is -4.51. The SMILES string of the molecule is C[C@@H](N=C1NC(Cl)=NC2C=C(C(O)N3CCOCC3)NC12)c1cc(N)cc(C(F)(F)F)c1. The third-order valence-corrected chi connectivity index (χ3v) is 5.78. The summed E-state index contributed by atoms with van der Waals surface area (Å²) in [5.74, 6) is 0.416. The Kier molecular flexibility index (Phi) is 6.35. The minimum absolute atomic E-state index is 0.00697. The number of hydrogen-bond donors (Lipinski definition) is 4. The minimum Gasteiger partial charge on any atom is -0.399 e. The first-order chi connectivity index (χ1) is 15.1. The van der Waals surface area contributed by atoms with E-state index in [0.29, 0.717) is 43.4 Å². The molecule has 0 spiro atoms. The van der Waals surface area contributed by atoms with Crippen molar-refractivity contribution >= 4 is 28.4 Å². The number of aliphatic hydroxyl groups is 1. The molecule has 0 saturated carbocycles. The van der Waals surface area contributed by atoms with Crippen LogP contribution in [0, 0.1) is 0 Å². The molecule has 32 heavy (non-hydrogen) atoms. The predicted octanol–water partition coefficient (Wildman–Crippen LogP) is 1.82. The van der Waals surface area contributed by atoms with Crippen molar-refractivity contribution in [1.29, 1.82) is 0 Å². The number of nitrogens with one attached hydrogen (secondary N) is 2. The molecule has 12 heteroatoms.